The molecule has 2 aliphatic rings. The minimum Gasteiger partial charge on any atom is -0.507 e. The lowest BCUT2D eigenvalue weighted by atomic mass is 9.96. The van der Waals surface area contributed by atoms with Gasteiger partial charge in [-0.25, -0.2) is 9.37 Å². The van der Waals surface area contributed by atoms with E-state index in [0.717, 1.165) is 17.4 Å². The van der Waals surface area contributed by atoms with Crippen LogP contribution in [0.4, 0.5) is 14.6 Å². The maximum Gasteiger partial charge on any atom is 0.253 e. The van der Waals surface area contributed by atoms with Crippen molar-refractivity contribution in [1.82, 2.24) is 25.1 Å². The van der Waals surface area contributed by atoms with Gasteiger partial charge in [0.25, 0.3) is 5.56 Å². The Morgan fingerprint density at radius 1 is 1.18 bits per heavy atom. The van der Waals surface area contributed by atoms with E-state index >= 15 is 0 Å². The Labute approximate surface area is 188 Å². The van der Waals surface area contributed by atoms with Gasteiger partial charge < -0.3 is 15.3 Å². The van der Waals surface area contributed by atoms with Crippen molar-refractivity contribution in [2.75, 3.05) is 11.9 Å². The van der Waals surface area contributed by atoms with Gasteiger partial charge in [0, 0.05) is 32.2 Å². The van der Waals surface area contributed by atoms with Crippen LogP contribution in [0.3, 0.4) is 0 Å². The van der Waals surface area contributed by atoms with Gasteiger partial charge in [-0.3, -0.25) is 9.36 Å². The summed E-state index contributed by atoms with van der Waals surface area (Å²) < 4.78 is 29.7. The van der Waals surface area contributed by atoms with E-state index < -0.39 is 17.7 Å². The molecule has 2 aromatic heterocycles. The van der Waals surface area contributed by atoms with Gasteiger partial charge in [-0.1, -0.05) is 6.07 Å². The van der Waals surface area contributed by atoms with Crippen LogP contribution in [0.5, 0.6) is 5.75 Å². The first-order valence-corrected chi connectivity index (χ1v) is 10.8. The van der Waals surface area contributed by atoms with Crippen molar-refractivity contribution in [3.8, 4) is 28.3 Å². The van der Waals surface area contributed by atoms with Crippen molar-refractivity contribution in [3.05, 3.63) is 52.8 Å². The number of anilines is 1. The maximum absolute atomic E-state index is 14.9. The van der Waals surface area contributed by atoms with Crippen molar-refractivity contribution < 1.29 is 13.9 Å². The number of alkyl halides is 1. The number of hydrogen-bond donors (Lipinski definition) is 2. The van der Waals surface area contributed by atoms with E-state index in [4.69, 9.17) is 0 Å². The minimum absolute atomic E-state index is 0.120. The molecule has 2 fully saturated rings. The van der Waals surface area contributed by atoms with Crippen molar-refractivity contribution in [2.45, 2.75) is 43.6 Å². The molecule has 5 rings (SSSR count). The summed E-state index contributed by atoms with van der Waals surface area (Å²) in [4.78, 5) is 18.0. The van der Waals surface area contributed by atoms with E-state index in [1.54, 1.807) is 24.1 Å². The van der Waals surface area contributed by atoms with Crippen LogP contribution in [0, 0.1) is 5.95 Å². The second-order valence-electron chi connectivity index (χ2n) is 8.74. The molecule has 4 heterocycles. The first-order chi connectivity index (χ1) is 15.8. The third-order valence-electron chi connectivity index (χ3n) is 6.74. The topological polar surface area (TPSA) is 96.2 Å². The molecular formula is C23H24F2N6O2. The van der Waals surface area contributed by atoms with Crippen molar-refractivity contribution >= 4 is 5.82 Å². The number of fused-ring (bicyclic) bond motifs is 2. The molecule has 4 atom stereocenters. The molecule has 0 spiro atoms. The Morgan fingerprint density at radius 3 is 2.70 bits per heavy atom. The molecule has 33 heavy (non-hydrogen) atoms. The van der Waals surface area contributed by atoms with E-state index in [9.17, 15) is 18.7 Å². The summed E-state index contributed by atoms with van der Waals surface area (Å²) in [6, 6.07) is 7.08. The molecule has 0 saturated carbocycles. The average Bonchev–Trinajstić information content (AvgIpc) is 3.22. The van der Waals surface area contributed by atoms with Crippen LogP contribution in [0.2, 0.25) is 0 Å². The summed E-state index contributed by atoms with van der Waals surface area (Å²) in [5.41, 5.74) is 0.683. The molecule has 172 valence electrons. The Hall–Kier alpha value is -3.40. The second kappa shape index (κ2) is 8.18. The van der Waals surface area contributed by atoms with Crippen molar-refractivity contribution in [2.24, 2.45) is 7.05 Å². The highest BCUT2D eigenvalue weighted by Gasteiger charge is 2.43. The van der Waals surface area contributed by atoms with Gasteiger partial charge in [0.05, 0.1) is 17.8 Å². The number of rotatable bonds is 4. The van der Waals surface area contributed by atoms with E-state index in [2.05, 4.69) is 20.5 Å². The molecular weight excluding hydrogens is 430 g/mol. The molecule has 1 aromatic carbocycles. The highest BCUT2D eigenvalue weighted by Crippen LogP contribution is 2.34. The molecule has 2 N–H and O–H groups in total. The lowest BCUT2D eigenvalue weighted by Gasteiger charge is -2.38. The van der Waals surface area contributed by atoms with Crippen LogP contribution in [-0.4, -0.2) is 56.2 Å². The van der Waals surface area contributed by atoms with Crippen LogP contribution in [0.1, 0.15) is 19.3 Å². The molecule has 0 aliphatic carbocycles. The molecule has 8 nitrogen and oxygen atoms in total. The highest BCUT2D eigenvalue weighted by atomic mass is 19.1. The van der Waals surface area contributed by atoms with Crippen molar-refractivity contribution in [1.29, 1.82) is 0 Å². The number of benzene rings is 1. The van der Waals surface area contributed by atoms with E-state index in [-0.39, 0.29) is 23.7 Å². The van der Waals surface area contributed by atoms with Crippen LogP contribution >= 0.6 is 0 Å². The smallest absolute Gasteiger partial charge is 0.253 e. The molecule has 2 aliphatic heterocycles. The Morgan fingerprint density at radius 2 is 2.00 bits per heavy atom. The summed E-state index contributed by atoms with van der Waals surface area (Å²) in [6.07, 6.45) is 3.05. The van der Waals surface area contributed by atoms with E-state index in [1.165, 1.54) is 31.4 Å². The number of phenols is 1. The standard InChI is InChI=1S/C23H24F2N6O2/c1-30(17-10-14-4-6-16(27-14)22(17)25)20-11-26-23(29-28-20)15-5-3-12(7-18(15)32)13-8-19(24)31(2)21(33)9-13/h3,5,7-9,11,14,16-17,22,27,32H,4,6,10H2,1-2H3/t14-,16+,17+,22-/m0/s1. The van der Waals surface area contributed by atoms with Crippen LogP contribution in [-0.2, 0) is 7.05 Å². The van der Waals surface area contributed by atoms with Gasteiger partial charge in [-0.2, -0.15) is 4.39 Å². The number of halogens is 2. The summed E-state index contributed by atoms with van der Waals surface area (Å²) in [5.74, 6) is -0.145. The zero-order chi connectivity index (χ0) is 23.3. The van der Waals surface area contributed by atoms with Gasteiger partial charge in [-0.15, -0.1) is 10.2 Å². The molecule has 2 saturated heterocycles. The fourth-order valence-electron chi connectivity index (χ4n) is 4.74. The van der Waals surface area contributed by atoms with Gasteiger partial charge >= 0.3 is 0 Å². The number of hydrogen-bond acceptors (Lipinski definition) is 7. The molecule has 0 unspecified atom stereocenters. The van der Waals surface area contributed by atoms with Gasteiger partial charge in [0.15, 0.2) is 17.6 Å². The average molecular weight is 454 g/mol. The number of pyridine rings is 1. The minimum atomic E-state index is -0.994. The van der Waals surface area contributed by atoms with Gasteiger partial charge in [0.1, 0.15) is 11.9 Å². The lowest BCUT2D eigenvalue weighted by molar-refractivity contribution is 0.176. The molecule has 10 heteroatoms. The SMILES string of the molecule is CN(c1cnc(-c2ccc(-c3cc(F)n(C)c(=O)c3)cc2O)nn1)[C@@H]1C[C@@H]2CC[C@@H](N2)[C@@H]1F. The lowest BCUT2D eigenvalue weighted by Crippen LogP contribution is -2.55. The number of aromatic nitrogens is 4. The number of nitrogens with one attached hydrogen (secondary N) is 1. The third kappa shape index (κ3) is 3.84. The van der Waals surface area contributed by atoms with E-state index in [0.29, 0.717) is 35.0 Å². The summed E-state index contributed by atoms with van der Waals surface area (Å²) in [7, 11) is 3.14. The van der Waals surface area contributed by atoms with Crippen molar-refractivity contribution in [3.63, 3.8) is 0 Å². The van der Waals surface area contributed by atoms with Crippen LogP contribution < -0.4 is 15.8 Å². The Bertz CT molecular complexity index is 1250. The van der Waals surface area contributed by atoms with E-state index in [1.807, 2.05) is 0 Å². The molecule has 0 radical (unpaired) electrons. The van der Waals surface area contributed by atoms with Crippen LogP contribution in [0.25, 0.3) is 22.5 Å². The summed E-state index contributed by atoms with van der Waals surface area (Å²) >= 11 is 0. The van der Waals surface area contributed by atoms with Gasteiger partial charge in [-0.05, 0) is 48.6 Å². The zero-order valence-electron chi connectivity index (χ0n) is 18.2. The highest BCUT2D eigenvalue weighted by molar-refractivity contribution is 5.72. The predicted molar refractivity (Wildman–Crippen MR) is 119 cm³/mol. The number of nitrogens with zero attached hydrogens (tertiary/aromatic N) is 5. The fraction of sp³-hybridized carbons (Fsp3) is 0.391. The first kappa shape index (κ1) is 21.4. The second-order valence-corrected chi connectivity index (χ2v) is 8.74. The summed E-state index contributed by atoms with van der Waals surface area (Å²) in [6.45, 7) is 0. The molecule has 2 bridgehead atoms. The number of piperidine rings is 1. The van der Waals surface area contributed by atoms with Gasteiger partial charge in [0.2, 0.25) is 0 Å². The normalized spacial score (nSPS) is 24.1. The number of phenolic OH excluding ortho intramolecular Hbond substituents is 1. The number of aromatic hydroxyl groups is 1. The fourth-order valence-corrected chi connectivity index (χ4v) is 4.74. The molecule has 0 amide bonds. The maximum atomic E-state index is 14.9. The largest absolute Gasteiger partial charge is 0.507 e. The zero-order valence-corrected chi connectivity index (χ0v) is 18.2. The Balaban J connectivity index is 1.37. The first-order valence-electron chi connectivity index (χ1n) is 10.8. The third-order valence-corrected chi connectivity index (χ3v) is 6.74. The quantitative estimate of drug-likeness (QED) is 0.585. The summed E-state index contributed by atoms with van der Waals surface area (Å²) in [5, 5.41) is 22.2. The monoisotopic (exact) mass is 454 g/mol. The predicted octanol–water partition coefficient (Wildman–Crippen LogP) is 2.42. The van der Waals surface area contributed by atoms with Crippen LogP contribution in [0.15, 0.2) is 41.3 Å². The Kier molecular flexibility index (Phi) is 5.32. The molecule has 3 aromatic rings.